The number of benzene rings is 1. The van der Waals surface area contributed by atoms with Crippen LogP contribution in [0.15, 0.2) is 49.1 Å². The number of amides is 1. The highest BCUT2D eigenvalue weighted by atomic mass is 16.1. The van der Waals surface area contributed by atoms with Crippen LogP contribution in [-0.2, 0) is 11.3 Å². The fraction of sp³-hybridized carbons (Fsp3) is 0.364. The molecule has 3 heterocycles. The quantitative estimate of drug-likeness (QED) is 0.584. The number of likely N-dealkylation sites (tertiary alicyclic amines) is 1. The number of imidazole rings is 1. The molecule has 0 radical (unpaired) electrons. The van der Waals surface area contributed by atoms with Crippen molar-refractivity contribution in [1.29, 1.82) is 0 Å². The summed E-state index contributed by atoms with van der Waals surface area (Å²) in [7, 11) is 0. The molecular weight excluding hydrogens is 378 g/mol. The summed E-state index contributed by atoms with van der Waals surface area (Å²) in [6.45, 7) is 3.84. The van der Waals surface area contributed by atoms with E-state index in [2.05, 4.69) is 25.2 Å². The lowest BCUT2D eigenvalue weighted by molar-refractivity contribution is -0.117. The van der Waals surface area contributed by atoms with E-state index in [0.717, 1.165) is 56.7 Å². The molecule has 0 atom stereocenters. The van der Waals surface area contributed by atoms with Crippen molar-refractivity contribution in [3.63, 3.8) is 0 Å². The van der Waals surface area contributed by atoms with Gasteiger partial charge < -0.3 is 20.5 Å². The summed E-state index contributed by atoms with van der Waals surface area (Å²) in [5.74, 6) is 0.395. The number of carbonyl (C=O) groups excluding carboxylic acids is 1. The first-order chi connectivity index (χ1) is 14.7. The number of aromatic nitrogens is 4. The van der Waals surface area contributed by atoms with Gasteiger partial charge in [-0.15, -0.1) is 0 Å². The van der Waals surface area contributed by atoms with Gasteiger partial charge in [-0.1, -0.05) is 30.3 Å². The summed E-state index contributed by atoms with van der Waals surface area (Å²) < 4.78 is 2.03. The van der Waals surface area contributed by atoms with Crippen LogP contribution in [0.3, 0.4) is 0 Å². The standard InChI is InChI=1S/C22H27N7O/c23-21-20-22(25-15-24-21)29(16-26-20)12-4-11-28-13-9-18(10-14-28)27-19(30)8-7-17-5-2-1-3-6-17/h1-3,5-8,15-16,18H,4,9-14H2,(H,27,30)(H2,23,24,25). The molecule has 1 aliphatic rings. The normalized spacial score (nSPS) is 15.7. The number of nitrogen functional groups attached to an aromatic ring is 1. The molecule has 1 saturated heterocycles. The monoisotopic (exact) mass is 405 g/mol. The molecule has 1 aromatic carbocycles. The summed E-state index contributed by atoms with van der Waals surface area (Å²) in [5.41, 5.74) is 8.32. The van der Waals surface area contributed by atoms with Crippen LogP contribution in [0.1, 0.15) is 24.8 Å². The Hall–Kier alpha value is -3.26. The smallest absolute Gasteiger partial charge is 0.244 e. The van der Waals surface area contributed by atoms with Gasteiger partial charge in [-0.25, -0.2) is 15.0 Å². The Morgan fingerprint density at radius 2 is 1.93 bits per heavy atom. The predicted octanol–water partition coefficient (Wildman–Crippen LogP) is 2.09. The molecule has 3 aromatic rings. The fourth-order valence-corrected chi connectivity index (χ4v) is 3.81. The largest absolute Gasteiger partial charge is 0.382 e. The number of carbonyl (C=O) groups is 1. The molecule has 0 bridgehead atoms. The third-order valence-electron chi connectivity index (χ3n) is 5.46. The number of fused-ring (bicyclic) bond motifs is 1. The molecule has 0 aliphatic carbocycles. The topological polar surface area (TPSA) is 102 Å². The summed E-state index contributed by atoms with van der Waals surface area (Å²) >= 11 is 0. The highest BCUT2D eigenvalue weighted by Crippen LogP contribution is 2.15. The van der Waals surface area contributed by atoms with Crippen LogP contribution < -0.4 is 11.1 Å². The Morgan fingerprint density at radius 1 is 1.13 bits per heavy atom. The molecule has 2 aromatic heterocycles. The Kier molecular flexibility index (Phi) is 6.34. The molecule has 30 heavy (non-hydrogen) atoms. The SMILES string of the molecule is Nc1ncnc2c1ncn2CCCN1CCC(NC(=O)C=Cc2ccccc2)CC1. The van der Waals surface area contributed by atoms with Crippen molar-refractivity contribution < 1.29 is 4.79 Å². The highest BCUT2D eigenvalue weighted by molar-refractivity contribution is 5.91. The molecule has 0 spiro atoms. The van der Waals surface area contributed by atoms with E-state index in [-0.39, 0.29) is 11.9 Å². The maximum Gasteiger partial charge on any atom is 0.244 e. The maximum absolute atomic E-state index is 12.2. The van der Waals surface area contributed by atoms with Gasteiger partial charge in [0, 0.05) is 31.8 Å². The van der Waals surface area contributed by atoms with Crippen molar-refractivity contribution in [3.8, 4) is 0 Å². The van der Waals surface area contributed by atoms with Crippen LogP contribution >= 0.6 is 0 Å². The van der Waals surface area contributed by atoms with E-state index in [0.29, 0.717) is 11.3 Å². The van der Waals surface area contributed by atoms with Gasteiger partial charge in [0.25, 0.3) is 0 Å². The van der Waals surface area contributed by atoms with Crippen molar-refractivity contribution in [2.24, 2.45) is 0 Å². The second-order valence-electron chi connectivity index (χ2n) is 7.59. The van der Waals surface area contributed by atoms with E-state index in [9.17, 15) is 4.79 Å². The zero-order valence-electron chi connectivity index (χ0n) is 16.9. The number of hydrogen-bond acceptors (Lipinski definition) is 6. The first-order valence-electron chi connectivity index (χ1n) is 10.4. The van der Waals surface area contributed by atoms with Crippen LogP contribution in [0.5, 0.6) is 0 Å². The highest BCUT2D eigenvalue weighted by Gasteiger charge is 2.19. The Labute approximate surface area is 175 Å². The molecule has 0 saturated carbocycles. The lowest BCUT2D eigenvalue weighted by atomic mass is 10.0. The van der Waals surface area contributed by atoms with Crippen molar-refractivity contribution in [2.45, 2.75) is 31.8 Å². The zero-order valence-corrected chi connectivity index (χ0v) is 16.9. The minimum atomic E-state index is -0.0226. The molecule has 0 unspecified atom stereocenters. The van der Waals surface area contributed by atoms with E-state index in [1.807, 2.05) is 41.0 Å². The van der Waals surface area contributed by atoms with E-state index >= 15 is 0 Å². The number of aryl methyl sites for hydroxylation is 1. The van der Waals surface area contributed by atoms with E-state index in [1.165, 1.54) is 6.33 Å². The lowest BCUT2D eigenvalue weighted by Gasteiger charge is -2.32. The molecule has 1 fully saturated rings. The minimum Gasteiger partial charge on any atom is -0.382 e. The number of nitrogens with one attached hydrogen (secondary N) is 1. The maximum atomic E-state index is 12.2. The second-order valence-corrected chi connectivity index (χ2v) is 7.59. The Bertz CT molecular complexity index is 1010. The van der Waals surface area contributed by atoms with E-state index in [1.54, 1.807) is 12.4 Å². The molecule has 1 aliphatic heterocycles. The lowest BCUT2D eigenvalue weighted by Crippen LogP contribution is -2.44. The van der Waals surface area contributed by atoms with Crippen molar-refractivity contribution >= 4 is 29.0 Å². The van der Waals surface area contributed by atoms with Gasteiger partial charge in [0.2, 0.25) is 5.91 Å². The van der Waals surface area contributed by atoms with Gasteiger partial charge in [0.15, 0.2) is 11.5 Å². The average molecular weight is 406 g/mol. The summed E-state index contributed by atoms with van der Waals surface area (Å²) in [6.07, 6.45) is 9.68. The van der Waals surface area contributed by atoms with Gasteiger partial charge in [0.1, 0.15) is 11.8 Å². The number of nitrogens with zero attached hydrogens (tertiary/aromatic N) is 5. The van der Waals surface area contributed by atoms with Crippen LogP contribution in [0.25, 0.3) is 17.2 Å². The molecule has 8 nitrogen and oxygen atoms in total. The first kappa shape index (κ1) is 20.0. The summed E-state index contributed by atoms with van der Waals surface area (Å²) in [5, 5.41) is 3.12. The van der Waals surface area contributed by atoms with Crippen LogP contribution in [0.2, 0.25) is 0 Å². The number of hydrogen-bond donors (Lipinski definition) is 2. The third-order valence-corrected chi connectivity index (χ3v) is 5.46. The number of piperidine rings is 1. The molecule has 8 heteroatoms. The predicted molar refractivity (Wildman–Crippen MR) is 117 cm³/mol. The molecule has 4 rings (SSSR count). The van der Waals surface area contributed by atoms with Gasteiger partial charge in [0.05, 0.1) is 6.33 Å². The third kappa shape index (κ3) is 5.01. The Morgan fingerprint density at radius 3 is 2.73 bits per heavy atom. The van der Waals surface area contributed by atoms with Crippen molar-refractivity contribution in [3.05, 3.63) is 54.6 Å². The van der Waals surface area contributed by atoms with Gasteiger partial charge in [-0.3, -0.25) is 4.79 Å². The van der Waals surface area contributed by atoms with Crippen molar-refractivity contribution in [1.82, 2.24) is 29.7 Å². The van der Waals surface area contributed by atoms with Crippen LogP contribution in [0, 0.1) is 0 Å². The van der Waals surface area contributed by atoms with Crippen LogP contribution in [0.4, 0.5) is 5.82 Å². The fourth-order valence-electron chi connectivity index (χ4n) is 3.81. The van der Waals surface area contributed by atoms with E-state index in [4.69, 9.17) is 5.73 Å². The Balaban J connectivity index is 1.18. The first-order valence-corrected chi connectivity index (χ1v) is 10.4. The zero-order chi connectivity index (χ0) is 20.8. The molecular formula is C22H27N7O. The number of nitrogens with two attached hydrogens (primary N) is 1. The van der Waals surface area contributed by atoms with Crippen LogP contribution in [-0.4, -0.2) is 56.0 Å². The molecule has 156 valence electrons. The minimum absolute atomic E-state index is 0.0226. The second kappa shape index (κ2) is 9.49. The number of anilines is 1. The molecule has 1 amide bonds. The summed E-state index contributed by atoms with van der Waals surface area (Å²) in [4.78, 5) is 27.2. The van der Waals surface area contributed by atoms with E-state index < -0.39 is 0 Å². The molecule has 3 N–H and O–H groups in total. The van der Waals surface area contributed by atoms with Gasteiger partial charge >= 0.3 is 0 Å². The number of rotatable bonds is 7. The summed E-state index contributed by atoms with van der Waals surface area (Å²) in [6, 6.07) is 10.1. The van der Waals surface area contributed by atoms with Crippen molar-refractivity contribution in [2.75, 3.05) is 25.4 Å². The average Bonchev–Trinajstić information content (AvgIpc) is 3.19. The van der Waals surface area contributed by atoms with Gasteiger partial charge in [-0.2, -0.15) is 0 Å². The van der Waals surface area contributed by atoms with Gasteiger partial charge in [-0.05, 0) is 37.4 Å².